The fourth-order valence-corrected chi connectivity index (χ4v) is 8.19. The Morgan fingerprint density at radius 1 is 0.412 bits per heavy atom. The lowest BCUT2D eigenvalue weighted by molar-refractivity contribution is 0.161. The highest BCUT2D eigenvalue weighted by molar-refractivity contribution is 6.22. The molecule has 11 rings (SSSR count). The number of para-hydroxylation sites is 4. The third kappa shape index (κ3) is 4.41. The number of hydrogen-bond donors (Lipinski definition) is 3. The molecule has 1 aliphatic rings. The first-order chi connectivity index (χ1) is 25.3. The third-order valence-corrected chi connectivity index (χ3v) is 10.6. The highest BCUT2D eigenvalue weighted by Crippen LogP contribution is 2.42. The minimum absolute atomic E-state index is 0.171. The fraction of sp³-hybridized carbons (Fsp3) is 0.0667. The van der Waals surface area contributed by atoms with E-state index in [4.69, 9.17) is 8.83 Å². The summed E-state index contributed by atoms with van der Waals surface area (Å²) in [5.74, 6) is 0. The molecular weight excluding hydrogens is 629 g/mol. The first-order valence-corrected chi connectivity index (χ1v) is 17.5. The summed E-state index contributed by atoms with van der Waals surface area (Å²) < 4.78 is 15.5. The molecule has 1 fully saturated rings. The van der Waals surface area contributed by atoms with E-state index in [2.05, 4.69) is 160 Å². The van der Waals surface area contributed by atoms with Gasteiger partial charge in [-0.3, -0.25) is 16.0 Å². The van der Waals surface area contributed by atoms with Crippen LogP contribution in [0.4, 0.5) is 0 Å². The molecule has 7 aromatic carbocycles. The van der Waals surface area contributed by atoms with Gasteiger partial charge < -0.3 is 13.4 Å². The number of rotatable bonds is 4. The van der Waals surface area contributed by atoms with Gasteiger partial charge in [0.2, 0.25) is 0 Å². The molecule has 0 saturated carbocycles. The summed E-state index contributed by atoms with van der Waals surface area (Å²) in [6, 6.07) is 55.5. The van der Waals surface area contributed by atoms with E-state index in [0.29, 0.717) is 0 Å². The zero-order chi connectivity index (χ0) is 33.5. The molecule has 4 heterocycles. The molecule has 244 valence electrons. The Morgan fingerprint density at radius 2 is 1.04 bits per heavy atom. The summed E-state index contributed by atoms with van der Waals surface area (Å²) >= 11 is 0. The lowest BCUT2D eigenvalue weighted by Gasteiger charge is -2.40. The molecule has 0 bridgehead atoms. The molecule has 6 heteroatoms. The molecule has 3 aromatic heterocycles. The summed E-state index contributed by atoms with van der Waals surface area (Å²) in [5.41, 5.74) is 10.3. The Kier molecular flexibility index (Phi) is 6.27. The van der Waals surface area contributed by atoms with Crippen molar-refractivity contribution in [2.24, 2.45) is 0 Å². The minimum atomic E-state index is -0.254. The Balaban J connectivity index is 1.08. The molecule has 0 aliphatic carbocycles. The van der Waals surface area contributed by atoms with Gasteiger partial charge in [-0.2, -0.15) is 0 Å². The van der Waals surface area contributed by atoms with Crippen molar-refractivity contribution in [3.63, 3.8) is 0 Å². The predicted octanol–water partition coefficient (Wildman–Crippen LogP) is 10.9. The van der Waals surface area contributed by atoms with Gasteiger partial charge in [0, 0.05) is 32.5 Å². The average molecular weight is 661 g/mol. The molecule has 1 saturated heterocycles. The van der Waals surface area contributed by atoms with Crippen LogP contribution in [0.2, 0.25) is 0 Å². The number of aromatic nitrogens is 1. The topological polar surface area (TPSA) is 67.3 Å². The highest BCUT2D eigenvalue weighted by Gasteiger charge is 2.33. The molecular formula is C45H32N4O2. The summed E-state index contributed by atoms with van der Waals surface area (Å²) in [4.78, 5) is 0. The fourth-order valence-electron chi connectivity index (χ4n) is 8.19. The van der Waals surface area contributed by atoms with Crippen LogP contribution >= 0.6 is 0 Å². The Morgan fingerprint density at radius 3 is 1.82 bits per heavy atom. The van der Waals surface area contributed by atoms with E-state index in [9.17, 15) is 0 Å². The van der Waals surface area contributed by atoms with Crippen LogP contribution in [0.25, 0.3) is 76.8 Å². The maximum atomic E-state index is 6.92. The van der Waals surface area contributed by atoms with Crippen LogP contribution < -0.4 is 16.0 Å². The first kappa shape index (κ1) is 28.6. The largest absolute Gasteiger partial charge is 0.456 e. The van der Waals surface area contributed by atoms with Crippen LogP contribution in [0.3, 0.4) is 0 Å². The van der Waals surface area contributed by atoms with Crippen molar-refractivity contribution < 1.29 is 8.83 Å². The standard InChI is InChI=1S/C45H32N4O2/c1-2-11-27(12-3-1)28-21-23-29(24-22-28)43-46-44(48-45(47-43)49-36-18-7-4-13-30(36)31-14-5-8-19-37(31)49)35-17-10-16-32-33-25-26-39-40(42(33)51-41(32)35)34-15-6-9-20-38(34)50-39/h1-26,43-48H. The molecule has 0 amide bonds. The van der Waals surface area contributed by atoms with Gasteiger partial charge in [-0.25, -0.2) is 0 Å². The molecule has 3 unspecified atom stereocenters. The number of fused-ring (bicyclic) bond motifs is 10. The van der Waals surface area contributed by atoms with Gasteiger partial charge >= 0.3 is 0 Å². The van der Waals surface area contributed by atoms with Gasteiger partial charge in [0.25, 0.3) is 0 Å². The van der Waals surface area contributed by atoms with Crippen LogP contribution in [0, 0.1) is 0 Å². The molecule has 10 aromatic rings. The van der Waals surface area contributed by atoms with Crippen LogP contribution in [-0.2, 0) is 0 Å². The van der Waals surface area contributed by atoms with Gasteiger partial charge in [-0.05, 0) is 47.0 Å². The minimum Gasteiger partial charge on any atom is -0.456 e. The summed E-state index contributed by atoms with van der Waals surface area (Å²) in [6.07, 6.45) is -0.671. The SMILES string of the molecule is c1ccc(-c2ccc(C3NC(c4cccc5c4oc4c5ccc5oc6ccccc6c54)NC(n4c5ccccc5c5ccccc54)N3)cc2)cc1. The normalized spacial score (nSPS) is 18.2. The average Bonchev–Trinajstić information content (AvgIpc) is 3.88. The quantitative estimate of drug-likeness (QED) is 0.175. The van der Waals surface area contributed by atoms with Crippen molar-refractivity contribution in [2.45, 2.75) is 18.6 Å². The summed E-state index contributed by atoms with van der Waals surface area (Å²) in [6.45, 7) is 0. The first-order valence-electron chi connectivity index (χ1n) is 17.5. The van der Waals surface area contributed by atoms with E-state index in [1.54, 1.807) is 0 Å². The van der Waals surface area contributed by atoms with Crippen molar-refractivity contribution >= 4 is 65.7 Å². The maximum absolute atomic E-state index is 6.92. The van der Waals surface area contributed by atoms with Gasteiger partial charge in [0.1, 0.15) is 28.6 Å². The van der Waals surface area contributed by atoms with Crippen molar-refractivity contribution in [1.82, 2.24) is 20.5 Å². The Bertz CT molecular complexity index is 2870. The second kappa shape index (κ2) is 11.2. The molecule has 0 radical (unpaired) electrons. The van der Waals surface area contributed by atoms with Gasteiger partial charge in [-0.1, -0.05) is 127 Å². The van der Waals surface area contributed by atoms with Crippen LogP contribution in [0.15, 0.2) is 167 Å². The number of furan rings is 2. The molecule has 3 N–H and O–H groups in total. The van der Waals surface area contributed by atoms with Crippen molar-refractivity contribution in [3.8, 4) is 11.1 Å². The molecule has 0 spiro atoms. The van der Waals surface area contributed by atoms with Gasteiger partial charge in [0.05, 0.1) is 28.8 Å². The van der Waals surface area contributed by atoms with Crippen LogP contribution in [-0.4, -0.2) is 4.57 Å². The van der Waals surface area contributed by atoms with Crippen molar-refractivity contribution in [2.75, 3.05) is 0 Å². The molecule has 51 heavy (non-hydrogen) atoms. The second-order valence-corrected chi connectivity index (χ2v) is 13.4. The van der Waals surface area contributed by atoms with Gasteiger partial charge in [0.15, 0.2) is 0 Å². The van der Waals surface area contributed by atoms with E-state index in [-0.39, 0.29) is 18.6 Å². The lowest BCUT2D eigenvalue weighted by atomic mass is 10.0. The van der Waals surface area contributed by atoms with Crippen molar-refractivity contribution in [3.05, 3.63) is 169 Å². The molecule has 1 aliphatic heterocycles. The number of hydrogen-bond acceptors (Lipinski definition) is 5. The van der Waals surface area contributed by atoms with E-state index in [1.165, 1.54) is 32.9 Å². The monoisotopic (exact) mass is 660 g/mol. The third-order valence-electron chi connectivity index (χ3n) is 10.6. The maximum Gasteiger partial charge on any atom is 0.147 e. The van der Waals surface area contributed by atoms with E-state index in [1.807, 2.05) is 18.2 Å². The number of benzene rings is 7. The van der Waals surface area contributed by atoms with Crippen LogP contribution in [0.1, 0.15) is 29.7 Å². The summed E-state index contributed by atoms with van der Waals surface area (Å²) in [5, 5.41) is 18.5. The molecule has 6 nitrogen and oxygen atoms in total. The lowest BCUT2D eigenvalue weighted by Crippen LogP contribution is -2.56. The van der Waals surface area contributed by atoms with E-state index < -0.39 is 0 Å². The predicted molar refractivity (Wildman–Crippen MR) is 206 cm³/mol. The zero-order valence-corrected chi connectivity index (χ0v) is 27.5. The van der Waals surface area contributed by atoms with Crippen LogP contribution in [0.5, 0.6) is 0 Å². The van der Waals surface area contributed by atoms with E-state index >= 15 is 0 Å². The Labute approximate surface area is 292 Å². The zero-order valence-electron chi connectivity index (χ0n) is 27.5. The number of nitrogens with one attached hydrogen (secondary N) is 3. The van der Waals surface area contributed by atoms with E-state index in [0.717, 1.165) is 55.0 Å². The van der Waals surface area contributed by atoms with Crippen molar-refractivity contribution in [1.29, 1.82) is 0 Å². The van der Waals surface area contributed by atoms with Gasteiger partial charge in [-0.15, -0.1) is 0 Å². The summed E-state index contributed by atoms with van der Waals surface area (Å²) in [7, 11) is 0. The number of nitrogens with zero attached hydrogens (tertiary/aromatic N) is 1. The highest BCUT2D eigenvalue weighted by atomic mass is 16.3. The Hall–Kier alpha value is -6.18. The second-order valence-electron chi connectivity index (χ2n) is 13.4. The molecule has 3 atom stereocenters. The smallest absolute Gasteiger partial charge is 0.147 e.